The predicted octanol–water partition coefficient (Wildman–Crippen LogP) is 2.71. The van der Waals surface area contributed by atoms with E-state index in [1.807, 2.05) is 24.3 Å². The number of thiol groups is 1. The van der Waals surface area contributed by atoms with Gasteiger partial charge < -0.3 is 9.53 Å². The second-order valence-electron chi connectivity index (χ2n) is 4.25. The van der Waals surface area contributed by atoms with Crippen LogP contribution >= 0.6 is 12.6 Å². The van der Waals surface area contributed by atoms with Gasteiger partial charge in [-0.1, -0.05) is 24.3 Å². The molecule has 4 nitrogen and oxygen atoms in total. The van der Waals surface area contributed by atoms with Gasteiger partial charge in [0.2, 0.25) is 5.78 Å². The van der Waals surface area contributed by atoms with Gasteiger partial charge in [-0.25, -0.2) is 4.79 Å². The lowest BCUT2D eigenvalue weighted by Crippen LogP contribution is -2.20. The number of benzene rings is 2. The molecule has 0 bridgehead atoms. The normalized spacial score (nSPS) is 9.95. The van der Waals surface area contributed by atoms with Gasteiger partial charge in [0, 0.05) is 4.90 Å². The van der Waals surface area contributed by atoms with Crippen molar-refractivity contribution in [1.29, 1.82) is 0 Å². The van der Waals surface area contributed by atoms with Crippen LogP contribution in [0.25, 0.3) is 11.1 Å². The van der Waals surface area contributed by atoms with Crippen molar-refractivity contribution >= 4 is 30.7 Å². The van der Waals surface area contributed by atoms with E-state index < -0.39 is 18.2 Å². The number of Topliss-reactive ketones (excluding diaryl/α,β-unsaturated/α-hetero) is 1. The van der Waals surface area contributed by atoms with Gasteiger partial charge in [-0.2, -0.15) is 0 Å². The summed E-state index contributed by atoms with van der Waals surface area (Å²) in [7, 11) is 0. The van der Waals surface area contributed by atoms with E-state index >= 15 is 0 Å². The molecule has 2 aromatic rings. The summed E-state index contributed by atoms with van der Waals surface area (Å²) < 4.78 is 4.88. The molecule has 0 heterocycles. The van der Waals surface area contributed by atoms with Crippen molar-refractivity contribution in [1.82, 2.24) is 0 Å². The number of hydrogen-bond acceptors (Lipinski definition) is 5. The van der Waals surface area contributed by atoms with E-state index in [1.165, 1.54) is 0 Å². The summed E-state index contributed by atoms with van der Waals surface area (Å²) in [6, 6.07) is 14.4. The number of ketones is 1. The first-order valence-corrected chi connectivity index (χ1v) is 6.63. The van der Waals surface area contributed by atoms with Crippen molar-refractivity contribution in [3.8, 4) is 16.9 Å². The number of rotatable bonds is 5. The summed E-state index contributed by atoms with van der Waals surface area (Å²) >= 11 is 4.22. The van der Waals surface area contributed by atoms with Gasteiger partial charge in [-0.3, -0.25) is 4.79 Å². The summed E-state index contributed by atoms with van der Waals surface area (Å²) in [5.41, 5.74) is 1.95. The average Bonchev–Trinajstić information content (AvgIpc) is 2.49. The Hall–Kier alpha value is -2.40. The molecule has 0 spiro atoms. The summed E-state index contributed by atoms with van der Waals surface area (Å²) in [5.74, 6) is -1.64. The Bertz CT molecular complexity index is 660. The van der Waals surface area contributed by atoms with Crippen LogP contribution in [0, 0.1) is 0 Å². The second-order valence-corrected chi connectivity index (χ2v) is 4.77. The Morgan fingerprint density at radius 3 is 2.00 bits per heavy atom. The lowest BCUT2D eigenvalue weighted by Gasteiger charge is -2.05. The standard InChI is InChI=1S/C16H12O4S/c17-10-9-15(18)16(19)20-13-5-1-11(2-6-13)12-3-7-14(21)8-4-12/h1-8,10,21H,9H2. The Kier molecular flexibility index (Phi) is 4.90. The number of carbonyl (C=O) groups excluding carboxylic acids is 3. The molecule has 0 aliphatic rings. The van der Waals surface area contributed by atoms with Crippen molar-refractivity contribution in [2.75, 3.05) is 0 Å². The molecule has 0 atom stereocenters. The molecule has 0 saturated carbocycles. The third-order valence-corrected chi connectivity index (χ3v) is 3.06. The highest BCUT2D eigenvalue weighted by Crippen LogP contribution is 2.23. The van der Waals surface area contributed by atoms with E-state index in [1.54, 1.807) is 24.3 Å². The van der Waals surface area contributed by atoms with Gasteiger partial charge in [-0.15, -0.1) is 12.6 Å². The van der Waals surface area contributed by atoms with Crippen LogP contribution in [0.5, 0.6) is 5.75 Å². The maximum atomic E-state index is 11.4. The number of ether oxygens (including phenoxy) is 1. The Balaban J connectivity index is 2.08. The third kappa shape index (κ3) is 4.03. The molecule has 0 aromatic heterocycles. The summed E-state index contributed by atoms with van der Waals surface area (Å²) in [6.07, 6.45) is -0.0925. The van der Waals surface area contributed by atoms with Gasteiger partial charge >= 0.3 is 5.97 Å². The van der Waals surface area contributed by atoms with E-state index in [4.69, 9.17) is 4.74 Å². The van der Waals surface area contributed by atoms with Crippen LogP contribution in [0.15, 0.2) is 53.4 Å². The van der Waals surface area contributed by atoms with Crippen molar-refractivity contribution in [2.24, 2.45) is 0 Å². The zero-order chi connectivity index (χ0) is 15.2. The number of carbonyl (C=O) groups is 3. The fraction of sp³-hybridized carbons (Fsp3) is 0.0625. The quantitative estimate of drug-likeness (QED) is 0.230. The highest BCUT2D eigenvalue weighted by Gasteiger charge is 2.15. The van der Waals surface area contributed by atoms with E-state index in [9.17, 15) is 14.4 Å². The van der Waals surface area contributed by atoms with Gasteiger partial charge in [0.25, 0.3) is 0 Å². The minimum absolute atomic E-state index is 0.258. The summed E-state index contributed by atoms with van der Waals surface area (Å²) in [6.45, 7) is 0. The molecule has 0 unspecified atom stereocenters. The first-order chi connectivity index (χ1) is 10.1. The van der Waals surface area contributed by atoms with E-state index in [2.05, 4.69) is 12.6 Å². The van der Waals surface area contributed by atoms with E-state index in [0.717, 1.165) is 16.0 Å². The fourth-order valence-corrected chi connectivity index (χ4v) is 1.84. The minimum atomic E-state index is -1.03. The van der Waals surface area contributed by atoms with Crippen LogP contribution in [0.2, 0.25) is 0 Å². The van der Waals surface area contributed by atoms with Crippen molar-refractivity contribution in [2.45, 2.75) is 11.3 Å². The topological polar surface area (TPSA) is 60.4 Å². The van der Waals surface area contributed by atoms with E-state index in [0.29, 0.717) is 6.29 Å². The molecule has 0 fully saturated rings. The van der Waals surface area contributed by atoms with Crippen LogP contribution < -0.4 is 4.74 Å². The first-order valence-electron chi connectivity index (χ1n) is 6.18. The average molecular weight is 300 g/mol. The van der Waals surface area contributed by atoms with Crippen LogP contribution in [0.3, 0.4) is 0 Å². The molecule has 2 aromatic carbocycles. The zero-order valence-corrected chi connectivity index (χ0v) is 11.9. The predicted molar refractivity (Wildman–Crippen MR) is 80.5 cm³/mol. The fourth-order valence-electron chi connectivity index (χ4n) is 1.69. The number of esters is 1. The summed E-state index contributed by atoms with van der Waals surface area (Å²) in [5, 5.41) is 0. The SMILES string of the molecule is O=CCC(=O)C(=O)Oc1ccc(-c2ccc(S)cc2)cc1. The molecule has 21 heavy (non-hydrogen) atoms. The maximum Gasteiger partial charge on any atom is 0.380 e. The van der Waals surface area contributed by atoms with Gasteiger partial charge in [-0.05, 0) is 35.4 Å². The highest BCUT2D eigenvalue weighted by molar-refractivity contribution is 7.80. The molecule has 2 rings (SSSR count). The molecule has 106 valence electrons. The molecular formula is C16H12O4S. The van der Waals surface area contributed by atoms with Gasteiger partial charge in [0.15, 0.2) is 0 Å². The van der Waals surface area contributed by atoms with Crippen molar-refractivity contribution < 1.29 is 19.1 Å². The van der Waals surface area contributed by atoms with Crippen molar-refractivity contribution in [3.63, 3.8) is 0 Å². The Morgan fingerprint density at radius 1 is 0.952 bits per heavy atom. The molecule has 0 aliphatic heterocycles. The van der Waals surface area contributed by atoms with Crippen LogP contribution in [-0.2, 0) is 14.4 Å². The summed E-state index contributed by atoms with van der Waals surface area (Å²) in [4.78, 5) is 33.5. The number of hydrogen-bond donors (Lipinski definition) is 1. The lowest BCUT2D eigenvalue weighted by atomic mass is 10.1. The smallest absolute Gasteiger partial charge is 0.380 e. The molecule has 0 aliphatic carbocycles. The Labute approximate surface area is 127 Å². The molecule has 0 amide bonds. The Morgan fingerprint density at radius 2 is 1.48 bits per heavy atom. The molecule has 0 radical (unpaired) electrons. The second kappa shape index (κ2) is 6.85. The molecule has 0 saturated heterocycles. The van der Waals surface area contributed by atoms with Crippen molar-refractivity contribution in [3.05, 3.63) is 48.5 Å². The van der Waals surface area contributed by atoms with Crippen LogP contribution in [-0.4, -0.2) is 18.0 Å². The third-order valence-electron chi connectivity index (χ3n) is 2.76. The van der Waals surface area contributed by atoms with Gasteiger partial charge in [0.1, 0.15) is 12.0 Å². The maximum absolute atomic E-state index is 11.4. The largest absolute Gasteiger partial charge is 0.421 e. The minimum Gasteiger partial charge on any atom is -0.421 e. The first kappa shape index (κ1) is 15.0. The van der Waals surface area contributed by atoms with E-state index in [-0.39, 0.29) is 5.75 Å². The molecular weight excluding hydrogens is 288 g/mol. The lowest BCUT2D eigenvalue weighted by molar-refractivity contribution is -0.147. The zero-order valence-electron chi connectivity index (χ0n) is 11.0. The van der Waals surface area contributed by atoms with Crippen LogP contribution in [0.4, 0.5) is 0 Å². The monoisotopic (exact) mass is 300 g/mol. The molecule has 0 N–H and O–H groups in total. The van der Waals surface area contributed by atoms with Crippen LogP contribution in [0.1, 0.15) is 6.42 Å². The van der Waals surface area contributed by atoms with Gasteiger partial charge in [0.05, 0.1) is 6.42 Å². The highest BCUT2D eigenvalue weighted by atomic mass is 32.1. The number of aldehydes is 1. The molecule has 5 heteroatoms.